The van der Waals surface area contributed by atoms with Crippen LogP contribution in [0.3, 0.4) is 0 Å². The molecule has 0 unspecified atom stereocenters. The summed E-state index contributed by atoms with van der Waals surface area (Å²) in [4.78, 5) is 27.8. The van der Waals surface area contributed by atoms with Crippen molar-refractivity contribution >= 4 is 35.1 Å². The molecule has 61 heavy (non-hydrogen) atoms. The smallest absolute Gasteiger partial charge is 0.312 e. The van der Waals surface area contributed by atoms with E-state index in [0.717, 1.165) is 57.5 Å². The van der Waals surface area contributed by atoms with Gasteiger partial charge in [0.2, 0.25) is 0 Å². The number of hydrogen-bond donors (Lipinski definition) is 0. The van der Waals surface area contributed by atoms with Gasteiger partial charge in [0.15, 0.2) is 0 Å². The van der Waals surface area contributed by atoms with E-state index < -0.39 is 7.26 Å². The lowest BCUT2D eigenvalue weighted by Gasteiger charge is -2.72. The van der Waals surface area contributed by atoms with Crippen LogP contribution in [0.4, 0.5) is 0 Å². The van der Waals surface area contributed by atoms with Crippen LogP contribution in [0.1, 0.15) is 132 Å². The molecule has 0 bridgehead atoms. The van der Waals surface area contributed by atoms with Gasteiger partial charge in [-0.25, -0.2) is 0 Å². The van der Waals surface area contributed by atoms with Gasteiger partial charge in [-0.3, -0.25) is 9.59 Å². The molecule has 3 aromatic carbocycles. The van der Waals surface area contributed by atoms with E-state index in [1.54, 1.807) is 0 Å². The molecule has 0 aromatic heterocycles. The Bertz CT molecular complexity index is 1920. The Morgan fingerprint density at radius 2 is 1.28 bits per heavy atom. The number of allylic oxidation sites excluding steroid dienone is 1. The van der Waals surface area contributed by atoms with E-state index in [2.05, 4.69) is 139 Å². The van der Waals surface area contributed by atoms with Crippen LogP contribution in [0.15, 0.2) is 103 Å². The lowest BCUT2D eigenvalue weighted by atomic mass is 9.32. The Balaban J connectivity index is 0.00000561. The van der Waals surface area contributed by atoms with Gasteiger partial charge in [-0.15, -0.1) is 0 Å². The van der Waals surface area contributed by atoms with E-state index in [1.165, 1.54) is 47.2 Å². The molecular weight excluding hydrogens is 835 g/mol. The molecule has 6 heteroatoms. The number of carbonyl (C=O) groups excluding carboxylic acids is 2. The van der Waals surface area contributed by atoms with Crippen molar-refractivity contribution in [1.29, 1.82) is 0 Å². The molecule has 0 spiro atoms. The van der Waals surface area contributed by atoms with E-state index in [-0.39, 0.29) is 62.1 Å². The van der Waals surface area contributed by atoms with Crippen molar-refractivity contribution < 1.29 is 36.0 Å². The molecule has 330 valence electrons. The highest BCUT2D eigenvalue weighted by atomic mass is 79.9. The molecule has 5 aliphatic rings. The van der Waals surface area contributed by atoms with Crippen molar-refractivity contribution in [2.75, 3.05) is 12.8 Å². The van der Waals surface area contributed by atoms with Crippen LogP contribution in [0.25, 0.3) is 0 Å². The molecule has 5 fully saturated rings. The highest BCUT2D eigenvalue weighted by Crippen LogP contribution is 2.77. The zero-order valence-corrected chi connectivity index (χ0v) is 40.9. The number of benzene rings is 3. The molecule has 5 saturated carbocycles. The molecule has 10 atom stereocenters. The third-order valence-electron chi connectivity index (χ3n) is 18.7. The summed E-state index contributed by atoms with van der Waals surface area (Å²) in [7, 11) is -1.93. The Kier molecular flexibility index (Phi) is 13.4. The minimum absolute atomic E-state index is 0. The normalized spacial score (nSPS) is 34.9. The van der Waals surface area contributed by atoms with Crippen LogP contribution in [0, 0.1) is 56.7 Å². The molecular formula is C55H74BrO4P. The third-order valence-corrected chi connectivity index (χ3v) is 23.2. The average Bonchev–Trinajstić information content (AvgIpc) is 3.65. The first-order valence-corrected chi connectivity index (χ1v) is 25.7. The van der Waals surface area contributed by atoms with Gasteiger partial charge >= 0.3 is 11.9 Å². The number of hydrogen-bond acceptors (Lipinski definition) is 4. The highest BCUT2D eigenvalue weighted by molar-refractivity contribution is 7.95. The maximum atomic E-state index is 13.9. The van der Waals surface area contributed by atoms with Crippen LogP contribution in [0.2, 0.25) is 0 Å². The molecule has 3 aromatic rings. The zero-order valence-electron chi connectivity index (χ0n) is 38.4. The van der Waals surface area contributed by atoms with Gasteiger partial charge in [-0.1, -0.05) is 101 Å². The summed E-state index contributed by atoms with van der Waals surface area (Å²) in [6.45, 7) is 21.9. The van der Waals surface area contributed by atoms with Crippen LogP contribution in [0.5, 0.6) is 0 Å². The number of fused-ring (bicyclic) bond motifs is 7. The van der Waals surface area contributed by atoms with Crippen molar-refractivity contribution in [2.24, 2.45) is 56.7 Å². The maximum absolute atomic E-state index is 13.9. The van der Waals surface area contributed by atoms with Crippen molar-refractivity contribution in [3.63, 3.8) is 0 Å². The Morgan fingerprint density at radius 3 is 1.84 bits per heavy atom. The standard InChI is InChI=1S/C55H74O4P.BrH/c1-9-58-50(57)55-35-30-43(39(2)3)49(55)44-28-29-46-52(6)33-32-47(51(4,5)45(52)31-34-54(46,8)53(44,7)36-37-55)59-48(56)27-19-20-38-60(40-21-13-10-14-22-40,41-23-15-11-16-24-41)42-25-17-12-18-26-42;/h10-18,21-26,43-47,49H,2,9,19-20,27-38H2,1,3-8H3;1H/q+1;/p-1/t43-,44+,45-,46+,47-,49+,52-,53+,54+,55-;/m0./s1. The number of carbonyl (C=O) groups is 2. The molecule has 8 rings (SSSR count). The van der Waals surface area contributed by atoms with Crippen molar-refractivity contribution in [1.82, 2.24) is 0 Å². The fraction of sp³-hybridized carbons (Fsp3) is 0.600. The van der Waals surface area contributed by atoms with Gasteiger partial charge in [0.05, 0.1) is 18.2 Å². The largest absolute Gasteiger partial charge is 1.00 e. The summed E-state index contributed by atoms with van der Waals surface area (Å²) < 4.78 is 12.5. The summed E-state index contributed by atoms with van der Waals surface area (Å²) >= 11 is 0. The van der Waals surface area contributed by atoms with Crippen LogP contribution < -0.4 is 32.9 Å². The Morgan fingerprint density at radius 1 is 0.689 bits per heavy atom. The van der Waals surface area contributed by atoms with Gasteiger partial charge in [0, 0.05) is 11.8 Å². The lowest BCUT2D eigenvalue weighted by molar-refractivity contribution is -0.251. The summed E-state index contributed by atoms with van der Waals surface area (Å²) in [5.74, 6) is 2.39. The highest BCUT2D eigenvalue weighted by Gasteiger charge is 2.72. The number of halogens is 1. The minimum Gasteiger partial charge on any atom is -1.00 e. The second-order valence-electron chi connectivity index (χ2n) is 21.4. The Labute approximate surface area is 379 Å². The second kappa shape index (κ2) is 17.7. The number of unbranched alkanes of at least 4 members (excludes halogenated alkanes) is 1. The molecule has 0 heterocycles. The van der Waals surface area contributed by atoms with Crippen LogP contribution >= 0.6 is 7.26 Å². The van der Waals surface area contributed by atoms with Gasteiger partial charge in [0.1, 0.15) is 29.3 Å². The summed E-state index contributed by atoms with van der Waals surface area (Å²) in [6.07, 6.45) is 14.1. The SMILES string of the molecule is C=C(C)[C@@H]1CC[C@]2(C(=O)OCC)CC[C@]3(C)[C@H](CC[C@@H]4[C@@]5(C)CC[C@H](OC(=O)CCCC[P+](c6ccccc6)(c6ccccc6)c6ccccc6)C(C)(C)[C@@H]5CC[C@]43C)[C@@H]12.[Br-]. The van der Waals surface area contributed by atoms with Crippen LogP contribution in [-0.2, 0) is 19.1 Å². The van der Waals surface area contributed by atoms with E-state index in [9.17, 15) is 9.59 Å². The monoisotopic (exact) mass is 908 g/mol. The van der Waals surface area contributed by atoms with Gasteiger partial charge in [-0.05, 0) is 173 Å². The quantitative estimate of drug-likeness (QED) is 0.0788. The van der Waals surface area contributed by atoms with Crippen molar-refractivity contribution in [2.45, 2.75) is 138 Å². The first-order chi connectivity index (χ1) is 28.7. The molecule has 0 saturated heterocycles. The Hall–Kier alpha value is -2.75. The first-order valence-electron chi connectivity index (χ1n) is 23.8. The average molecular weight is 910 g/mol. The molecule has 0 amide bonds. The van der Waals surface area contributed by atoms with Gasteiger partial charge in [0.25, 0.3) is 0 Å². The number of esters is 2. The third kappa shape index (κ3) is 7.44. The number of rotatable bonds is 12. The maximum Gasteiger partial charge on any atom is 0.312 e. The molecule has 0 aliphatic heterocycles. The molecule has 0 radical (unpaired) electrons. The summed E-state index contributed by atoms with van der Waals surface area (Å²) in [5.41, 5.74) is 1.35. The fourth-order valence-corrected chi connectivity index (χ4v) is 20.1. The molecule has 4 nitrogen and oxygen atoms in total. The van der Waals surface area contributed by atoms with Crippen molar-refractivity contribution in [3.8, 4) is 0 Å². The topological polar surface area (TPSA) is 52.6 Å². The van der Waals surface area contributed by atoms with E-state index in [4.69, 9.17) is 9.47 Å². The van der Waals surface area contributed by atoms with Gasteiger partial charge < -0.3 is 26.5 Å². The predicted octanol–water partition coefficient (Wildman–Crippen LogP) is 9.29. The number of ether oxygens (including phenoxy) is 2. The van der Waals surface area contributed by atoms with Crippen LogP contribution in [-0.4, -0.2) is 30.8 Å². The lowest BCUT2D eigenvalue weighted by Crippen LogP contribution is -3.00. The minimum atomic E-state index is -1.93. The predicted molar refractivity (Wildman–Crippen MR) is 249 cm³/mol. The second-order valence-corrected chi connectivity index (χ2v) is 25.0. The van der Waals surface area contributed by atoms with Crippen molar-refractivity contribution in [3.05, 3.63) is 103 Å². The van der Waals surface area contributed by atoms with E-state index >= 15 is 0 Å². The first kappa shape index (κ1) is 46.2. The van der Waals surface area contributed by atoms with Gasteiger partial charge in [-0.2, -0.15) is 0 Å². The van der Waals surface area contributed by atoms with E-state index in [1.807, 2.05) is 6.92 Å². The van der Waals surface area contributed by atoms with E-state index in [0.29, 0.717) is 42.6 Å². The summed E-state index contributed by atoms with van der Waals surface area (Å²) in [5, 5.41) is 4.18. The summed E-state index contributed by atoms with van der Waals surface area (Å²) in [6, 6.07) is 33.2. The zero-order chi connectivity index (χ0) is 42.6. The molecule has 0 N–H and O–H groups in total. The fourth-order valence-electron chi connectivity index (χ4n) is 15.7. The molecule has 5 aliphatic carbocycles.